The van der Waals surface area contributed by atoms with Crippen molar-refractivity contribution < 1.29 is 19.1 Å². The van der Waals surface area contributed by atoms with Gasteiger partial charge in [-0.15, -0.1) is 23.3 Å². The van der Waals surface area contributed by atoms with Crippen molar-refractivity contribution in [3.05, 3.63) is 0 Å². The molecular formula is C20H37NO4S2. The molecule has 1 saturated carbocycles. The fourth-order valence-corrected chi connectivity index (χ4v) is 3.81. The largest absolute Gasteiger partial charge is 0.444 e. The van der Waals surface area contributed by atoms with Gasteiger partial charge in [0.2, 0.25) is 0 Å². The fourth-order valence-electron chi connectivity index (χ4n) is 3.81. The van der Waals surface area contributed by atoms with Gasteiger partial charge in [-0.05, 0) is 78.1 Å². The first-order chi connectivity index (χ1) is 12.9. The van der Waals surface area contributed by atoms with E-state index in [1.54, 1.807) is 0 Å². The summed E-state index contributed by atoms with van der Waals surface area (Å²) in [7, 11) is 0. The first kappa shape index (κ1) is 24.6. The van der Waals surface area contributed by atoms with Crippen LogP contribution in [0.2, 0.25) is 0 Å². The minimum atomic E-state index is -0.430. The summed E-state index contributed by atoms with van der Waals surface area (Å²) in [6, 6.07) is 0. The Morgan fingerprint density at radius 2 is 1.81 bits per heavy atom. The van der Waals surface area contributed by atoms with Gasteiger partial charge in [-0.1, -0.05) is 0 Å². The maximum Gasteiger partial charge on any atom is 0.410 e. The summed E-state index contributed by atoms with van der Waals surface area (Å²) in [5.41, 5.74) is -0.430. The normalized spacial score (nSPS) is 26.0. The molecule has 0 aromatic carbocycles. The van der Waals surface area contributed by atoms with Gasteiger partial charge in [-0.25, -0.2) is 4.79 Å². The molecule has 1 atom stereocenters. The Morgan fingerprint density at radius 3 is 2.41 bits per heavy atom. The van der Waals surface area contributed by atoms with Gasteiger partial charge in [0.25, 0.3) is 0 Å². The topological polar surface area (TPSA) is 55.8 Å². The molecule has 0 radical (unpaired) electrons. The average Bonchev–Trinajstić information content (AvgIpc) is 2.66. The quantitative estimate of drug-likeness (QED) is 0.277. The van der Waals surface area contributed by atoms with Crippen molar-refractivity contribution in [2.45, 2.75) is 83.8 Å². The standard InChI is InChI=1S/C20H35NO4.H2S2/c1-20(2,3)25-19(23)21-12-4-6-16(14-21)7-5-13-24-18-10-8-17(15-22)9-11-18;1-2/h15-18H,4-14H2,1-3H3;1-2H. The van der Waals surface area contributed by atoms with Crippen molar-refractivity contribution in [2.75, 3.05) is 19.7 Å². The first-order valence-corrected chi connectivity index (χ1v) is 11.7. The number of hydrogen-bond donors (Lipinski definition) is 2. The van der Waals surface area contributed by atoms with Crippen LogP contribution in [-0.4, -0.2) is 48.7 Å². The third-order valence-electron chi connectivity index (χ3n) is 5.19. The number of carbonyl (C=O) groups excluding carboxylic acids is 2. The zero-order chi connectivity index (χ0) is 20.3. The molecule has 7 heteroatoms. The first-order valence-electron chi connectivity index (χ1n) is 10.1. The van der Waals surface area contributed by atoms with Gasteiger partial charge >= 0.3 is 6.09 Å². The molecule has 0 spiro atoms. The molecular weight excluding hydrogens is 382 g/mol. The molecule has 158 valence electrons. The monoisotopic (exact) mass is 419 g/mol. The summed E-state index contributed by atoms with van der Waals surface area (Å²) < 4.78 is 11.5. The number of thiol groups is 2. The van der Waals surface area contributed by atoms with Crippen molar-refractivity contribution >= 4 is 35.7 Å². The predicted octanol–water partition coefficient (Wildman–Crippen LogP) is 4.95. The molecule has 2 fully saturated rings. The van der Waals surface area contributed by atoms with E-state index in [4.69, 9.17) is 9.47 Å². The van der Waals surface area contributed by atoms with Crippen LogP contribution < -0.4 is 0 Å². The Balaban J connectivity index is 0.00000176. The number of hydrogen-bond acceptors (Lipinski definition) is 6. The lowest BCUT2D eigenvalue weighted by atomic mass is 9.88. The molecule has 2 aliphatic rings. The van der Waals surface area contributed by atoms with Crippen molar-refractivity contribution in [1.29, 1.82) is 0 Å². The molecule has 0 aromatic rings. The van der Waals surface area contributed by atoms with Crippen molar-refractivity contribution in [1.82, 2.24) is 4.90 Å². The Bertz CT molecular complexity index is 434. The Morgan fingerprint density at radius 1 is 1.15 bits per heavy atom. The van der Waals surface area contributed by atoms with Crippen LogP contribution in [-0.2, 0) is 14.3 Å². The summed E-state index contributed by atoms with van der Waals surface area (Å²) in [6.45, 7) is 8.13. The highest BCUT2D eigenvalue weighted by atomic mass is 33.1. The molecule has 0 bridgehead atoms. The van der Waals surface area contributed by atoms with Crippen LogP contribution >= 0.6 is 23.3 Å². The molecule has 5 nitrogen and oxygen atoms in total. The molecule has 1 unspecified atom stereocenters. The second-order valence-electron chi connectivity index (χ2n) is 8.62. The molecule has 0 N–H and O–H groups in total. The third kappa shape index (κ3) is 10.1. The van der Waals surface area contributed by atoms with Crippen molar-refractivity contribution in [2.24, 2.45) is 11.8 Å². The third-order valence-corrected chi connectivity index (χ3v) is 5.19. The number of likely N-dealkylation sites (tertiary alicyclic amines) is 1. The molecule has 1 aliphatic carbocycles. The van der Waals surface area contributed by atoms with E-state index in [9.17, 15) is 9.59 Å². The van der Waals surface area contributed by atoms with Gasteiger partial charge < -0.3 is 19.2 Å². The van der Waals surface area contributed by atoms with E-state index in [-0.39, 0.29) is 12.0 Å². The van der Waals surface area contributed by atoms with E-state index in [0.29, 0.717) is 12.0 Å². The van der Waals surface area contributed by atoms with Gasteiger partial charge in [0.05, 0.1) is 6.10 Å². The maximum atomic E-state index is 12.2. The zero-order valence-electron chi connectivity index (χ0n) is 17.1. The Kier molecular flexibility index (Phi) is 11.8. The molecule has 1 amide bonds. The second kappa shape index (κ2) is 12.9. The van der Waals surface area contributed by atoms with Gasteiger partial charge in [-0.2, -0.15) is 0 Å². The lowest BCUT2D eigenvalue weighted by Gasteiger charge is -2.34. The molecule has 1 saturated heterocycles. The number of ether oxygens (including phenoxy) is 2. The van der Waals surface area contributed by atoms with Crippen LogP contribution in [0.3, 0.4) is 0 Å². The number of aldehydes is 1. The summed E-state index contributed by atoms with van der Waals surface area (Å²) in [5, 5.41) is 0. The smallest absolute Gasteiger partial charge is 0.410 e. The summed E-state index contributed by atoms with van der Waals surface area (Å²) >= 11 is 6.44. The number of carbonyl (C=O) groups is 2. The van der Waals surface area contributed by atoms with Gasteiger partial charge in [0.1, 0.15) is 11.9 Å². The fraction of sp³-hybridized carbons (Fsp3) is 0.900. The summed E-state index contributed by atoms with van der Waals surface area (Å²) in [4.78, 5) is 24.8. The molecule has 1 aliphatic heterocycles. The van der Waals surface area contributed by atoms with E-state index >= 15 is 0 Å². The van der Waals surface area contributed by atoms with Crippen molar-refractivity contribution in [3.8, 4) is 0 Å². The lowest BCUT2D eigenvalue weighted by molar-refractivity contribution is -0.112. The highest BCUT2D eigenvalue weighted by Gasteiger charge is 2.27. The Hall–Kier alpha value is -0.400. The number of nitrogens with zero attached hydrogens (tertiary/aromatic N) is 1. The van der Waals surface area contributed by atoms with Crippen LogP contribution in [0.1, 0.15) is 72.1 Å². The van der Waals surface area contributed by atoms with Crippen LogP contribution in [0.25, 0.3) is 0 Å². The molecule has 0 aromatic heterocycles. The van der Waals surface area contributed by atoms with E-state index < -0.39 is 5.60 Å². The number of rotatable bonds is 6. The highest BCUT2D eigenvalue weighted by molar-refractivity contribution is 8.59. The Labute approximate surface area is 175 Å². The van der Waals surface area contributed by atoms with Gasteiger partial charge in [-0.3, -0.25) is 0 Å². The average molecular weight is 420 g/mol. The number of amides is 1. The van der Waals surface area contributed by atoms with Crippen LogP contribution in [0, 0.1) is 11.8 Å². The van der Waals surface area contributed by atoms with Crippen LogP contribution in [0.15, 0.2) is 0 Å². The molecule has 27 heavy (non-hydrogen) atoms. The van der Waals surface area contributed by atoms with Crippen LogP contribution in [0.4, 0.5) is 4.79 Å². The summed E-state index contributed by atoms with van der Waals surface area (Å²) in [6.07, 6.45) is 9.60. The van der Waals surface area contributed by atoms with E-state index in [0.717, 1.165) is 70.9 Å². The molecule has 2 rings (SSSR count). The van der Waals surface area contributed by atoms with Crippen LogP contribution in [0.5, 0.6) is 0 Å². The zero-order valence-corrected chi connectivity index (χ0v) is 18.9. The predicted molar refractivity (Wildman–Crippen MR) is 115 cm³/mol. The second-order valence-corrected chi connectivity index (χ2v) is 8.62. The van der Waals surface area contributed by atoms with Gasteiger partial charge in [0.15, 0.2) is 0 Å². The highest BCUT2D eigenvalue weighted by Crippen LogP contribution is 2.26. The van der Waals surface area contributed by atoms with E-state index in [1.165, 1.54) is 6.42 Å². The minimum absolute atomic E-state index is 0.180. The maximum absolute atomic E-state index is 12.2. The summed E-state index contributed by atoms with van der Waals surface area (Å²) in [5.74, 6) is 0.802. The minimum Gasteiger partial charge on any atom is -0.444 e. The van der Waals surface area contributed by atoms with Gasteiger partial charge in [0, 0.05) is 25.6 Å². The lowest BCUT2D eigenvalue weighted by Crippen LogP contribution is -2.42. The SMILES string of the molecule is CC(C)(C)OC(=O)N1CCCC(CCCOC2CCC(C=O)CC2)C1.SS. The number of piperidine rings is 1. The molecule has 1 heterocycles. The van der Waals surface area contributed by atoms with Crippen molar-refractivity contribution in [3.63, 3.8) is 0 Å². The van der Waals surface area contributed by atoms with E-state index in [2.05, 4.69) is 23.3 Å². The van der Waals surface area contributed by atoms with E-state index in [1.807, 2.05) is 25.7 Å².